The molecule has 0 radical (unpaired) electrons. The summed E-state index contributed by atoms with van der Waals surface area (Å²) in [6.45, 7) is 4.16. The monoisotopic (exact) mass is 318 g/mol. The van der Waals surface area contributed by atoms with Crippen LogP contribution in [0.3, 0.4) is 0 Å². The molecule has 74 valence electrons. The van der Waals surface area contributed by atoms with Gasteiger partial charge in [0.1, 0.15) is 0 Å². The van der Waals surface area contributed by atoms with Gasteiger partial charge in [-0.3, -0.25) is 0 Å². The first-order valence-corrected chi connectivity index (χ1v) is 7.86. The van der Waals surface area contributed by atoms with Gasteiger partial charge in [0.25, 0.3) is 0 Å². The number of hydrogen-bond donors (Lipinski definition) is 1. The molecule has 0 aliphatic rings. The first kappa shape index (κ1) is 12.5. The topological polar surface area (TPSA) is 39.2 Å². The fourth-order valence-corrected chi connectivity index (χ4v) is 3.96. The van der Waals surface area contributed by atoms with Crippen LogP contribution in [0.5, 0.6) is 0 Å². The van der Waals surface area contributed by atoms with Gasteiger partial charge in [0, 0.05) is 0 Å². The van der Waals surface area contributed by atoms with E-state index in [1.807, 2.05) is 18.7 Å². The standard InChI is InChI=1S/C10H16NOS.Sn/c1-4-13-8(3)9-5-6-12-10(9)7(2)11;/h5-8H,3-4,11H2,1-2H3;/q;+3. The molecule has 0 aliphatic carbocycles. The Balaban J connectivity index is 2.86. The molecule has 2 N–H and O–H groups in total. The van der Waals surface area contributed by atoms with Crippen molar-refractivity contribution in [3.05, 3.63) is 23.7 Å². The van der Waals surface area contributed by atoms with Crippen molar-refractivity contribution in [3.63, 3.8) is 0 Å². The molecule has 1 aromatic rings. The van der Waals surface area contributed by atoms with Gasteiger partial charge in [-0.1, -0.05) is 0 Å². The van der Waals surface area contributed by atoms with Crippen LogP contribution < -0.4 is 5.73 Å². The van der Waals surface area contributed by atoms with Crippen LogP contribution in [-0.4, -0.2) is 28.3 Å². The maximum absolute atomic E-state index is 5.85. The van der Waals surface area contributed by atoms with Crippen molar-refractivity contribution in [1.82, 2.24) is 0 Å². The van der Waals surface area contributed by atoms with Gasteiger partial charge in [0.15, 0.2) is 0 Å². The van der Waals surface area contributed by atoms with Gasteiger partial charge in [-0.25, -0.2) is 0 Å². The molecule has 14 heavy (non-hydrogen) atoms. The van der Waals surface area contributed by atoms with Crippen LogP contribution in [0.15, 0.2) is 16.7 Å². The van der Waals surface area contributed by atoms with Gasteiger partial charge >= 0.3 is 103 Å². The second-order valence-corrected chi connectivity index (χ2v) is 5.82. The van der Waals surface area contributed by atoms with E-state index < -0.39 is 0 Å². The summed E-state index contributed by atoms with van der Waals surface area (Å²) in [6, 6.07) is 2.07. The quantitative estimate of drug-likeness (QED) is 0.849. The van der Waals surface area contributed by atoms with Crippen LogP contribution in [0, 0.1) is 0 Å². The Bertz CT molecular complexity index is 275. The molecule has 0 saturated carbocycles. The SMILES string of the molecule is CCSC([CH2][Sn+3])c1ccoc1C(C)N. The van der Waals surface area contributed by atoms with E-state index in [9.17, 15) is 0 Å². The van der Waals surface area contributed by atoms with Crippen LogP contribution in [0.2, 0.25) is 4.44 Å². The summed E-state index contributed by atoms with van der Waals surface area (Å²) in [5.41, 5.74) is 7.15. The Morgan fingerprint density at radius 1 is 1.64 bits per heavy atom. The van der Waals surface area contributed by atoms with Gasteiger partial charge in [-0.2, -0.15) is 0 Å². The van der Waals surface area contributed by atoms with E-state index in [1.54, 1.807) is 28.8 Å². The first-order chi connectivity index (χ1) is 6.70. The van der Waals surface area contributed by atoms with E-state index in [0.29, 0.717) is 5.25 Å². The van der Waals surface area contributed by atoms with Crippen LogP contribution in [0.1, 0.15) is 36.5 Å². The number of nitrogens with two attached hydrogens (primary N) is 1. The summed E-state index contributed by atoms with van der Waals surface area (Å²) >= 11 is 3.54. The Morgan fingerprint density at radius 3 is 2.86 bits per heavy atom. The fourth-order valence-electron chi connectivity index (χ4n) is 1.43. The Morgan fingerprint density at radius 2 is 2.36 bits per heavy atom. The molecule has 0 spiro atoms. The van der Waals surface area contributed by atoms with E-state index in [2.05, 4.69) is 13.0 Å². The molecule has 0 fully saturated rings. The predicted octanol–water partition coefficient (Wildman–Crippen LogP) is 2.68. The molecular weight excluding hydrogens is 301 g/mol. The summed E-state index contributed by atoms with van der Waals surface area (Å²) in [5.74, 6) is 2.10. The van der Waals surface area contributed by atoms with Crippen LogP contribution in [0.4, 0.5) is 0 Å². The van der Waals surface area contributed by atoms with E-state index in [-0.39, 0.29) is 6.04 Å². The Kier molecular flexibility index (Phi) is 5.41. The summed E-state index contributed by atoms with van der Waals surface area (Å²) in [5, 5.41) is 0.568. The Labute approximate surface area is 103 Å². The number of furan rings is 1. The molecule has 2 unspecified atom stereocenters. The van der Waals surface area contributed by atoms with E-state index >= 15 is 0 Å². The van der Waals surface area contributed by atoms with E-state index in [1.165, 1.54) is 10.0 Å². The second kappa shape index (κ2) is 6.08. The number of rotatable bonds is 5. The van der Waals surface area contributed by atoms with Crippen molar-refractivity contribution >= 4 is 34.3 Å². The van der Waals surface area contributed by atoms with Crippen molar-refractivity contribution in [2.45, 2.75) is 29.6 Å². The van der Waals surface area contributed by atoms with E-state index in [4.69, 9.17) is 10.2 Å². The first-order valence-electron chi connectivity index (χ1n) is 4.79. The fraction of sp³-hybridized carbons (Fsp3) is 0.600. The third-order valence-electron chi connectivity index (χ3n) is 2.04. The van der Waals surface area contributed by atoms with E-state index in [0.717, 1.165) is 11.5 Å². The molecule has 2 atom stereocenters. The minimum atomic E-state index is 0.00214. The molecular formula is C10H16NOSSn+3. The second-order valence-electron chi connectivity index (χ2n) is 3.18. The normalized spacial score (nSPS) is 15.5. The average molecular weight is 317 g/mol. The van der Waals surface area contributed by atoms with Gasteiger partial charge in [0.05, 0.1) is 0 Å². The van der Waals surface area contributed by atoms with Gasteiger partial charge in [-0.15, -0.1) is 0 Å². The van der Waals surface area contributed by atoms with Gasteiger partial charge in [0.2, 0.25) is 0 Å². The van der Waals surface area contributed by atoms with Gasteiger partial charge in [-0.05, 0) is 0 Å². The molecule has 1 aromatic heterocycles. The summed E-state index contributed by atoms with van der Waals surface area (Å²) in [7, 11) is 0. The Hall–Kier alpha value is 0.389. The van der Waals surface area contributed by atoms with Crippen molar-refractivity contribution < 1.29 is 4.42 Å². The van der Waals surface area contributed by atoms with Crippen LogP contribution in [-0.2, 0) is 0 Å². The molecule has 0 saturated heterocycles. The molecule has 0 amide bonds. The zero-order chi connectivity index (χ0) is 10.6. The zero-order valence-electron chi connectivity index (χ0n) is 8.62. The van der Waals surface area contributed by atoms with Crippen molar-refractivity contribution in [1.29, 1.82) is 0 Å². The third-order valence-corrected chi connectivity index (χ3v) is 5.21. The molecule has 1 rings (SSSR count). The molecule has 1 heterocycles. The van der Waals surface area contributed by atoms with Crippen LogP contribution in [0.25, 0.3) is 0 Å². The number of thioether (sulfide) groups is 1. The molecule has 0 aliphatic heterocycles. The molecule has 0 aromatic carbocycles. The molecule has 0 bridgehead atoms. The average Bonchev–Trinajstić information content (AvgIpc) is 2.62. The summed E-state index contributed by atoms with van der Waals surface area (Å²) < 4.78 is 6.64. The van der Waals surface area contributed by atoms with Crippen LogP contribution >= 0.6 is 11.8 Å². The maximum atomic E-state index is 5.85. The molecule has 2 nitrogen and oxygen atoms in total. The third kappa shape index (κ3) is 2.94. The van der Waals surface area contributed by atoms with Gasteiger partial charge < -0.3 is 0 Å². The van der Waals surface area contributed by atoms with Crippen molar-refractivity contribution in [3.8, 4) is 0 Å². The predicted molar refractivity (Wildman–Crippen MR) is 62.7 cm³/mol. The number of hydrogen-bond acceptors (Lipinski definition) is 3. The molecule has 4 heteroatoms. The van der Waals surface area contributed by atoms with Crippen molar-refractivity contribution in [2.75, 3.05) is 5.75 Å². The van der Waals surface area contributed by atoms with Crippen molar-refractivity contribution in [2.24, 2.45) is 5.73 Å². The zero-order valence-corrected chi connectivity index (χ0v) is 12.3. The summed E-state index contributed by atoms with van der Waals surface area (Å²) in [6.07, 6.45) is 1.75. The summed E-state index contributed by atoms with van der Waals surface area (Å²) in [4.78, 5) is 0. The minimum absolute atomic E-state index is 0.00214.